The predicted molar refractivity (Wildman–Crippen MR) is 182 cm³/mol. The van der Waals surface area contributed by atoms with Gasteiger partial charge in [0.15, 0.2) is 0 Å². The molecular formula is C39H44BN3. The number of likely N-dealkylation sites (N-methyl/N-ethyl adjacent to an activating group) is 1. The summed E-state index contributed by atoms with van der Waals surface area (Å²) in [6.07, 6.45) is 4.93. The summed E-state index contributed by atoms with van der Waals surface area (Å²) in [6.45, 7) is 7.52. The van der Waals surface area contributed by atoms with Gasteiger partial charge in [-0.2, -0.15) is 0 Å². The molecule has 0 bridgehead atoms. The second-order valence-corrected chi connectivity index (χ2v) is 13.6. The second-order valence-electron chi connectivity index (χ2n) is 13.6. The largest absolute Gasteiger partial charge is 0.336 e. The lowest BCUT2D eigenvalue weighted by Crippen LogP contribution is -2.74. The molecule has 4 aliphatic rings. The number of piperidine rings is 2. The highest BCUT2D eigenvalue weighted by atomic mass is 15.3. The molecule has 43 heavy (non-hydrogen) atoms. The summed E-state index contributed by atoms with van der Waals surface area (Å²) in [5.74, 6) is 1.12. The standard InChI is InChI=1S/C39H44BN3/c1-3-25-42-27-24-35-33(28-42)39(31-19-10-12-21-34(31)40(35)29-15-6-4-7-16-29)32-20-11-13-22-36(32)43(30-17-8-5-9-18-30)37-23-14-26-41(2)38(37)39/h4-13,15-22,33,35,37-38H,3,14,23-28H2,1-2H3. The minimum absolute atomic E-state index is 0.0827. The van der Waals surface area contributed by atoms with Gasteiger partial charge >= 0.3 is 0 Å². The van der Waals surface area contributed by atoms with E-state index < -0.39 is 0 Å². The van der Waals surface area contributed by atoms with Gasteiger partial charge in [-0.05, 0) is 93.4 Å². The summed E-state index contributed by atoms with van der Waals surface area (Å²) < 4.78 is 0. The molecule has 5 unspecified atom stereocenters. The average Bonchev–Trinajstić information content (AvgIpc) is 3.06. The number of nitrogens with zero attached hydrogens (tertiary/aromatic N) is 3. The van der Waals surface area contributed by atoms with Crippen LogP contribution in [0.15, 0.2) is 109 Å². The zero-order valence-electron chi connectivity index (χ0n) is 25.8. The fraction of sp³-hybridized carbons (Fsp3) is 0.385. The van der Waals surface area contributed by atoms with Crippen LogP contribution in [0.25, 0.3) is 0 Å². The lowest BCUT2D eigenvalue weighted by atomic mass is 9.24. The van der Waals surface area contributed by atoms with E-state index in [9.17, 15) is 0 Å². The van der Waals surface area contributed by atoms with Gasteiger partial charge in [-0.25, -0.2) is 0 Å². The number of hydrogen-bond donors (Lipinski definition) is 0. The Kier molecular flexibility index (Phi) is 6.96. The Morgan fingerprint density at radius 1 is 0.767 bits per heavy atom. The summed E-state index contributed by atoms with van der Waals surface area (Å²) in [5.41, 5.74) is 8.86. The first-order valence-corrected chi connectivity index (χ1v) is 16.7. The monoisotopic (exact) mass is 565 g/mol. The highest BCUT2D eigenvalue weighted by Gasteiger charge is 2.64. The zero-order valence-corrected chi connectivity index (χ0v) is 25.8. The van der Waals surface area contributed by atoms with Crippen molar-refractivity contribution in [2.75, 3.05) is 38.1 Å². The van der Waals surface area contributed by atoms with Crippen LogP contribution in [0.5, 0.6) is 0 Å². The Morgan fingerprint density at radius 2 is 1.47 bits per heavy atom. The molecule has 4 aromatic rings. The Morgan fingerprint density at radius 3 is 2.26 bits per heavy atom. The van der Waals surface area contributed by atoms with Gasteiger partial charge in [0.2, 0.25) is 6.71 Å². The summed E-state index contributed by atoms with van der Waals surface area (Å²) in [7, 11) is 2.43. The molecule has 4 heterocycles. The SMILES string of the molecule is CCCN1CCC2B(c3ccccc3)c3ccccc3C3(c4ccccc4N(c4ccccc4)C4CCCN(C)C43)C2C1. The molecule has 0 aromatic heterocycles. The van der Waals surface area contributed by atoms with Crippen molar-refractivity contribution in [2.45, 2.75) is 55.9 Å². The topological polar surface area (TPSA) is 9.72 Å². The zero-order chi connectivity index (χ0) is 29.0. The van der Waals surface area contributed by atoms with E-state index in [1.807, 2.05) is 0 Å². The van der Waals surface area contributed by atoms with Gasteiger partial charge in [0.1, 0.15) is 0 Å². The van der Waals surface area contributed by atoms with Crippen molar-refractivity contribution in [1.29, 1.82) is 0 Å². The highest BCUT2D eigenvalue weighted by molar-refractivity contribution is 6.87. The molecule has 4 aromatic carbocycles. The first-order chi connectivity index (χ1) is 21.2. The maximum absolute atomic E-state index is 2.81. The number of benzene rings is 4. The minimum Gasteiger partial charge on any atom is -0.336 e. The van der Waals surface area contributed by atoms with Crippen LogP contribution in [0.4, 0.5) is 11.4 Å². The van der Waals surface area contributed by atoms with Gasteiger partial charge in [0.05, 0.1) is 6.04 Å². The first-order valence-electron chi connectivity index (χ1n) is 16.7. The molecule has 0 amide bonds. The van der Waals surface area contributed by atoms with Crippen molar-refractivity contribution < 1.29 is 0 Å². The fourth-order valence-electron chi connectivity index (χ4n) is 10.2. The van der Waals surface area contributed by atoms with E-state index in [-0.39, 0.29) is 5.41 Å². The highest BCUT2D eigenvalue weighted by Crippen LogP contribution is 2.61. The van der Waals surface area contributed by atoms with Crippen molar-refractivity contribution in [3.63, 3.8) is 0 Å². The molecule has 5 atom stereocenters. The van der Waals surface area contributed by atoms with Crippen molar-refractivity contribution in [3.05, 3.63) is 120 Å². The van der Waals surface area contributed by atoms with E-state index in [0.29, 0.717) is 30.5 Å². The van der Waals surface area contributed by atoms with Crippen LogP contribution in [0, 0.1) is 5.92 Å². The second kappa shape index (κ2) is 11.0. The quantitative estimate of drug-likeness (QED) is 0.269. The molecular weight excluding hydrogens is 521 g/mol. The normalized spacial score (nSPS) is 28.6. The van der Waals surface area contributed by atoms with E-state index >= 15 is 0 Å². The Labute approximate surface area is 258 Å². The molecule has 2 fully saturated rings. The average molecular weight is 566 g/mol. The molecule has 1 spiro atoms. The van der Waals surface area contributed by atoms with Crippen LogP contribution in [-0.4, -0.2) is 61.8 Å². The van der Waals surface area contributed by atoms with Crippen LogP contribution in [0.2, 0.25) is 5.82 Å². The van der Waals surface area contributed by atoms with E-state index in [1.54, 1.807) is 16.6 Å². The predicted octanol–water partition coefficient (Wildman–Crippen LogP) is 6.31. The Bertz CT molecular complexity index is 1530. The first kappa shape index (κ1) is 27.2. The van der Waals surface area contributed by atoms with Gasteiger partial charge in [0, 0.05) is 29.4 Å². The van der Waals surface area contributed by atoms with Crippen molar-refractivity contribution in [3.8, 4) is 0 Å². The lowest BCUT2D eigenvalue weighted by Gasteiger charge is -2.66. The minimum atomic E-state index is -0.0827. The van der Waals surface area contributed by atoms with Crippen LogP contribution in [-0.2, 0) is 5.41 Å². The molecule has 8 rings (SSSR count). The summed E-state index contributed by atoms with van der Waals surface area (Å²) in [6, 6.07) is 42.7. The van der Waals surface area contributed by atoms with Crippen LogP contribution in [0.1, 0.15) is 43.7 Å². The van der Waals surface area contributed by atoms with Crippen molar-refractivity contribution >= 4 is 29.0 Å². The molecule has 218 valence electrons. The van der Waals surface area contributed by atoms with Crippen LogP contribution >= 0.6 is 0 Å². The molecule has 0 saturated carbocycles. The van der Waals surface area contributed by atoms with Gasteiger partial charge in [-0.1, -0.05) is 109 Å². The number of hydrogen-bond acceptors (Lipinski definition) is 3. The maximum Gasteiger partial charge on any atom is 0.213 e. The molecule has 0 N–H and O–H groups in total. The number of fused-ring (bicyclic) bond motifs is 8. The molecule has 3 nitrogen and oxygen atoms in total. The maximum atomic E-state index is 2.81. The third-order valence-corrected chi connectivity index (χ3v) is 11.5. The molecule has 4 aliphatic heterocycles. The summed E-state index contributed by atoms with van der Waals surface area (Å²) >= 11 is 0. The Balaban J connectivity index is 1.45. The van der Waals surface area contributed by atoms with Crippen molar-refractivity contribution in [2.24, 2.45) is 5.92 Å². The van der Waals surface area contributed by atoms with Crippen LogP contribution in [0.3, 0.4) is 0 Å². The number of rotatable bonds is 4. The number of para-hydroxylation sites is 2. The number of anilines is 2. The third kappa shape index (κ3) is 4.09. The van der Waals surface area contributed by atoms with Gasteiger partial charge in [-0.15, -0.1) is 0 Å². The Hall–Kier alpha value is -3.34. The van der Waals surface area contributed by atoms with E-state index in [1.165, 1.54) is 62.2 Å². The molecule has 0 aliphatic carbocycles. The van der Waals surface area contributed by atoms with Crippen molar-refractivity contribution in [1.82, 2.24) is 9.80 Å². The van der Waals surface area contributed by atoms with Gasteiger partial charge < -0.3 is 14.7 Å². The molecule has 2 saturated heterocycles. The lowest BCUT2D eigenvalue weighted by molar-refractivity contribution is 0.0310. The van der Waals surface area contributed by atoms with E-state index in [4.69, 9.17) is 0 Å². The van der Waals surface area contributed by atoms with Gasteiger partial charge in [-0.3, -0.25) is 0 Å². The smallest absolute Gasteiger partial charge is 0.213 e. The van der Waals surface area contributed by atoms with E-state index in [2.05, 4.69) is 138 Å². The summed E-state index contributed by atoms with van der Waals surface area (Å²) in [5, 5.41) is 0. The van der Waals surface area contributed by atoms with Crippen LogP contribution < -0.4 is 15.8 Å². The fourth-order valence-corrected chi connectivity index (χ4v) is 10.2. The number of likely N-dealkylation sites (tertiary alicyclic amines) is 2. The van der Waals surface area contributed by atoms with E-state index in [0.717, 1.165) is 6.54 Å². The molecule has 0 radical (unpaired) electrons. The summed E-state index contributed by atoms with van der Waals surface area (Å²) in [4.78, 5) is 8.31. The molecule has 4 heteroatoms. The van der Waals surface area contributed by atoms with Gasteiger partial charge in [0.25, 0.3) is 0 Å². The third-order valence-electron chi connectivity index (χ3n) is 11.5.